The lowest BCUT2D eigenvalue weighted by Gasteiger charge is -2.33. The third-order valence-electron chi connectivity index (χ3n) is 2.68. The molecule has 86 valence electrons. The molecule has 0 heterocycles. The lowest BCUT2D eigenvalue weighted by atomic mass is 9.84. The number of methoxy groups -OCH3 is 1. The fraction of sp³-hybridized carbons (Fsp3) is 1.00. The Labute approximate surface area is 85.8 Å². The average Bonchev–Trinajstić information content (AvgIpc) is 2.19. The molecule has 0 bridgehead atoms. The van der Waals surface area contributed by atoms with Crippen molar-refractivity contribution in [3.05, 3.63) is 0 Å². The van der Waals surface area contributed by atoms with Crippen molar-refractivity contribution in [1.29, 1.82) is 0 Å². The van der Waals surface area contributed by atoms with Crippen LogP contribution in [0, 0.1) is 5.41 Å². The third kappa shape index (κ3) is 3.92. The lowest BCUT2D eigenvalue weighted by Crippen LogP contribution is -2.39. The molecule has 14 heavy (non-hydrogen) atoms. The summed E-state index contributed by atoms with van der Waals surface area (Å²) in [5, 5.41) is 18.0. The van der Waals surface area contributed by atoms with Gasteiger partial charge in [0.15, 0.2) is 6.29 Å². The van der Waals surface area contributed by atoms with Crippen molar-refractivity contribution in [1.82, 2.24) is 0 Å². The summed E-state index contributed by atoms with van der Waals surface area (Å²) in [6, 6.07) is 0. The highest BCUT2D eigenvalue weighted by atomic mass is 16.7. The highest BCUT2D eigenvalue weighted by Gasteiger charge is 2.30. The van der Waals surface area contributed by atoms with Gasteiger partial charge in [-0.25, -0.2) is 0 Å². The molecule has 0 saturated carbocycles. The summed E-state index contributed by atoms with van der Waals surface area (Å²) >= 11 is 0. The Hall–Kier alpha value is -0.160. The Kier molecular flexibility index (Phi) is 6.27. The van der Waals surface area contributed by atoms with E-state index in [0.717, 1.165) is 6.42 Å². The summed E-state index contributed by atoms with van der Waals surface area (Å²) in [5.41, 5.74) is -0.124. The van der Waals surface area contributed by atoms with Gasteiger partial charge in [-0.3, -0.25) is 0 Å². The van der Waals surface area contributed by atoms with Crippen LogP contribution in [-0.2, 0) is 9.47 Å². The summed E-state index contributed by atoms with van der Waals surface area (Å²) in [4.78, 5) is 0. The largest absolute Gasteiger partial charge is 0.394 e. The number of ether oxygens (including phenoxy) is 2. The molecule has 0 aromatic carbocycles. The Morgan fingerprint density at radius 1 is 1.21 bits per heavy atom. The van der Waals surface area contributed by atoms with E-state index in [0.29, 0.717) is 0 Å². The van der Waals surface area contributed by atoms with Crippen LogP contribution in [-0.4, -0.2) is 42.9 Å². The summed E-state index contributed by atoms with van der Waals surface area (Å²) < 4.78 is 10.3. The van der Waals surface area contributed by atoms with Crippen LogP contribution in [0.15, 0.2) is 0 Å². The molecular weight excluding hydrogens is 184 g/mol. The van der Waals surface area contributed by atoms with Crippen molar-refractivity contribution < 1.29 is 19.7 Å². The molecule has 0 spiro atoms. The molecule has 0 aliphatic carbocycles. The molecule has 0 radical (unpaired) electrons. The predicted octanol–water partition coefficient (Wildman–Crippen LogP) is 0.765. The minimum absolute atomic E-state index is 0.0687. The van der Waals surface area contributed by atoms with Gasteiger partial charge < -0.3 is 19.7 Å². The van der Waals surface area contributed by atoms with Gasteiger partial charge in [0.1, 0.15) is 0 Å². The van der Waals surface area contributed by atoms with E-state index in [1.807, 2.05) is 20.8 Å². The average molecular weight is 206 g/mol. The van der Waals surface area contributed by atoms with E-state index in [4.69, 9.17) is 14.6 Å². The summed E-state index contributed by atoms with van der Waals surface area (Å²) in [5.74, 6) is 0. The highest BCUT2D eigenvalue weighted by Crippen LogP contribution is 2.27. The van der Waals surface area contributed by atoms with E-state index in [1.54, 1.807) is 0 Å². The first kappa shape index (κ1) is 13.8. The topological polar surface area (TPSA) is 58.9 Å². The van der Waals surface area contributed by atoms with E-state index in [2.05, 4.69) is 0 Å². The minimum Gasteiger partial charge on any atom is -0.394 e. The molecule has 0 aromatic rings. The van der Waals surface area contributed by atoms with E-state index in [1.165, 1.54) is 7.11 Å². The van der Waals surface area contributed by atoms with Crippen LogP contribution >= 0.6 is 0 Å². The van der Waals surface area contributed by atoms with Gasteiger partial charge in [0.25, 0.3) is 0 Å². The molecule has 2 N–H and O–H groups in total. The summed E-state index contributed by atoms with van der Waals surface area (Å²) in [6.45, 7) is 5.79. The molecular formula is C10H22O4. The highest BCUT2D eigenvalue weighted by molar-refractivity contribution is 4.77. The molecule has 0 saturated heterocycles. The van der Waals surface area contributed by atoms with Crippen LogP contribution in [0.4, 0.5) is 0 Å². The molecule has 0 fully saturated rings. The van der Waals surface area contributed by atoms with Gasteiger partial charge >= 0.3 is 0 Å². The van der Waals surface area contributed by atoms with Gasteiger partial charge in [0, 0.05) is 7.11 Å². The molecule has 0 aliphatic rings. The SMILES string of the molecule is CCC(C)(C)C(CO)OC(CO)OC. The first-order chi connectivity index (χ1) is 6.51. The second-order valence-electron chi connectivity index (χ2n) is 4.00. The summed E-state index contributed by atoms with van der Waals surface area (Å²) in [6.07, 6.45) is -0.0809. The standard InChI is InChI=1S/C10H22O4/c1-5-10(2,3)8(6-11)14-9(7-12)13-4/h8-9,11-12H,5-7H2,1-4H3. The zero-order valence-corrected chi connectivity index (χ0v) is 9.49. The van der Waals surface area contributed by atoms with E-state index in [9.17, 15) is 5.11 Å². The Morgan fingerprint density at radius 3 is 2.07 bits per heavy atom. The van der Waals surface area contributed by atoms with Gasteiger partial charge in [-0.1, -0.05) is 20.8 Å². The number of hydrogen-bond acceptors (Lipinski definition) is 4. The minimum atomic E-state index is -0.655. The molecule has 4 heteroatoms. The van der Waals surface area contributed by atoms with E-state index >= 15 is 0 Å². The first-order valence-corrected chi connectivity index (χ1v) is 4.91. The first-order valence-electron chi connectivity index (χ1n) is 4.91. The maximum Gasteiger partial charge on any atom is 0.180 e. The van der Waals surface area contributed by atoms with Crippen molar-refractivity contribution >= 4 is 0 Å². The van der Waals surface area contributed by atoms with Gasteiger partial charge in [-0.2, -0.15) is 0 Å². The molecule has 0 aromatic heterocycles. The fourth-order valence-electron chi connectivity index (χ4n) is 1.06. The Balaban J connectivity index is 4.27. The molecule has 0 amide bonds. The van der Waals surface area contributed by atoms with Gasteiger partial charge in [-0.05, 0) is 11.8 Å². The maximum atomic E-state index is 9.17. The zero-order chi connectivity index (χ0) is 11.2. The number of aliphatic hydroxyl groups is 2. The van der Waals surface area contributed by atoms with Crippen LogP contribution in [0.5, 0.6) is 0 Å². The van der Waals surface area contributed by atoms with Crippen LogP contribution in [0.2, 0.25) is 0 Å². The third-order valence-corrected chi connectivity index (χ3v) is 2.68. The monoisotopic (exact) mass is 206 g/mol. The van der Waals surface area contributed by atoms with Gasteiger partial charge in [0.05, 0.1) is 19.3 Å². The second kappa shape index (κ2) is 6.35. The number of aliphatic hydroxyl groups excluding tert-OH is 2. The Morgan fingerprint density at radius 2 is 1.79 bits per heavy atom. The number of rotatable bonds is 7. The van der Waals surface area contributed by atoms with Crippen molar-refractivity contribution in [3.8, 4) is 0 Å². The predicted molar refractivity (Wildman–Crippen MR) is 53.9 cm³/mol. The number of hydrogen-bond donors (Lipinski definition) is 2. The van der Waals surface area contributed by atoms with Gasteiger partial charge in [-0.15, -0.1) is 0 Å². The van der Waals surface area contributed by atoms with Crippen LogP contribution in [0.25, 0.3) is 0 Å². The van der Waals surface area contributed by atoms with Crippen molar-refractivity contribution in [3.63, 3.8) is 0 Å². The normalized spacial score (nSPS) is 16.7. The van der Waals surface area contributed by atoms with E-state index in [-0.39, 0.29) is 24.7 Å². The Bertz CT molecular complexity index is 143. The smallest absolute Gasteiger partial charge is 0.180 e. The molecule has 2 atom stereocenters. The molecule has 4 nitrogen and oxygen atoms in total. The summed E-state index contributed by atoms with van der Waals surface area (Å²) in [7, 11) is 1.47. The maximum absolute atomic E-state index is 9.17. The molecule has 0 rings (SSSR count). The second-order valence-corrected chi connectivity index (χ2v) is 4.00. The molecule has 0 aliphatic heterocycles. The van der Waals surface area contributed by atoms with Crippen molar-refractivity contribution in [2.45, 2.75) is 39.6 Å². The zero-order valence-electron chi connectivity index (χ0n) is 9.49. The lowest BCUT2D eigenvalue weighted by molar-refractivity contribution is -0.205. The van der Waals surface area contributed by atoms with Crippen LogP contribution < -0.4 is 0 Å². The molecule has 2 unspecified atom stereocenters. The van der Waals surface area contributed by atoms with Crippen molar-refractivity contribution in [2.24, 2.45) is 5.41 Å². The van der Waals surface area contributed by atoms with Crippen LogP contribution in [0.1, 0.15) is 27.2 Å². The quantitative estimate of drug-likeness (QED) is 0.604. The van der Waals surface area contributed by atoms with E-state index < -0.39 is 6.29 Å². The van der Waals surface area contributed by atoms with Crippen LogP contribution in [0.3, 0.4) is 0 Å². The van der Waals surface area contributed by atoms with Crippen molar-refractivity contribution in [2.75, 3.05) is 20.3 Å². The fourth-order valence-corrected chi connectivity index (χ4v) is 1.06. The van der Waals surface area contributed by atoms with Gasteiger partial charge in [0.2, 0.25) is 0 Å².